The van der Waals surface area contributed by atoms with Gasteiger partial charge in [0, 0.05) is 6.42 Å². The largest absolute Gasteiger partial charge is 0.490 e. The summed E-state index contributed by atoms with van der Waals surface area (Å²) in [5.41, 5.74) is 3.32. The first-order valence-corrected chi connectivity index (χ1v) is 4.94. The average Bonchev–Trinajstić information content (AvgIpc) is 3.00. The third-order valence-electron chi connectivity index (χ3n) is 2.52. The quantitative estimate of drug-likeness (QED) is 0.436. The monoisotopic (exact) mass is 206 g/mol. The molecule has 0 heterocycles. The predicted molar refractivity (Wildman–Crippen MR) is 56.0 cm³/mol. The molecule has 0 aliphatic heterocycles. The van der Waals surface area contributed by atoms with Gasteiger partial charge in [0.25, 0.3) is 0 Å². The second kappa shape index (κ2) is 3.90. The van der Waals surface area contributed by atoms with Crippen LogP contribution in [0.15, 0.2) is 24.3 Å². The highest BCUT2D eigenvalue weighted by molar-refractivity contribution is 5.81. The minimum absolute atomic E-state index is 0.0174. The van der Waals surface area contributed by atoms with E-state index in [1.165, 1.54) is 5.56 Å². The molecule has 1 aromatic rings. The Morgan fingerprint density at radius 1 is 1.47 bits per heavy atom. The van der Waals surface area contributed by atoms with E-state index in [9.17, 15) is 4.79 Å². The SMILES string of the molecule is Cc1ccc(OC2CC2C(=O)NN)cc1. The zero-order valence-electron chi connectivity index (χ0n) is 8.57. The van der Waals surface area contributed by atoms with E-state index in [0.717, 1.165) is 12.2 Å². The summed E-state index contributed by atoms with van der Waals surface area (Å²) in [5, 5.41) is 0. The van der Waals surface area contributed by atoms with Crippen LogP contribution in [0.25, 0.3) is 0 Å². The number of aryl methyl sites for hydroxylation is 1. The van der Waals surface area contributed by atoms with Crippen molar-refractivity contribution in [1.29, 1.82) is 0 Å². The highest BCUT2D eigenvalue weighted by Crippen LogP contribution is 2.34. The van der Waals surface area contributed by atoms with E-state index in [-0.39, 0.29) is 17.9 Å². The molecule has 1 aromatic carbocycles. The van der Waals surface area contributed by atoms with Gasteiger partial charge in [-0.15, -0.1) is 0 Å². The van der Waals surface area contributed by atoms with Gasteiger partial charge >= 0.3 is 0 Å². The summed E-state index contributed by atoms with van der Waals surface area (Å²) in [7, 11) is 0. The average molecular weight is 206 g/mol. The van der Waals surface area contributed by atoms with Gasteiger partial charge in [0.2, 0.25) is 5.91 Å². The molecular formula is C11H14N2O2. The van der Waals surface area contributed by atoms with E-state index in [2.05, 4.69) is 5.43 Å². The molecule has 2 atom stereocenters. The molecule has 0 spiro atoms. The van der Waals surface area contributed by atoms with Crippen LogP contribution in [0.4, 0.5) is 0 Å². The van der Waals surface area contributed by atoms with Gasteiger partial charge < -0.3 is 4.74 Å². The van der Waals surface area contributed by atoms with Crippen LogP contribution < -0.4 is 16.0 Å². The molecule has 15 heavy (non-hydrogen) atoms. The van der Waals surface area contributed by atoms with E-state index in [0.29, 0.717) is 0 Å². The minimum Gasteiger partial charge on any atom is -0.490 e. The van der Waals surface area contributed by atoms with Crippen LogP contribution in [0.5, 0.6) is 5.75 Å². The molecular weight excluding hydrogens is 192 g/mol. The molecule has 1 saturated carbocycles. The maximum absolute atomic E-state index is 11.1. The van der Waals surface area contributed by atoms with Crippen LogP contribution in [0.2, 0.25) is 0 Å². The number of carbonyl (C=O) groups is 1. The molecule has 80 valence electrons. The molecule has 3 N–H and O–H groups in total. The summed E-state index contributed by atoms with van der Waals surface area (Å²) in [6, 6.07) is 7.78. The fourth-order valence-electron chi connectivity index (χ4n) is 1.48. The fourth-order valence-corrected chi connectivity index (χ4v) is 1.48. The Morgan fingerprint density at radius 2 is 2.13 bits per heavy atom. The number of carbonyl (C=O) groups excluding carboxylic acids is 1. The second-order valence-electron chi connectivity index (χ2n) is 3.82. The summed E-state index contributed by atoms with van der Waals surface area (Å²) < 4.78 is 5.60. The number of hydrazine groups is 1. The molecule has 1 fully saturated rings. The lowest BCUT2D eigenvalue weighted by Crippen LogP contribution is -2.32. The van der Waals surface area contributed by atoms with Gasteiger partial charge in [-0.2, -0.15) is 0 Å². The van der Waals surface area contributed by atoms with Crippen molar-refractivity contribution in [3.63, 3.8) is 0 Å². The number of ether oxygens (including phenoxy) is 1. The van der Waals surface area contributed by atoms with Gasteiger partial charge in [0.05, 0.1) is 5.92 Å². The van der Waals surface area contributed by atoms with Crippen LogP contribution in [0, 0.1) is 12.8 Å². The van der Waals surface area contributed by atoms with Crippen molar-refractivity contribution in [3.8, 4) is 5.75 Å². The lowest BCUT2D eigenvalue weighted by Gasteiger charge is -2.05. The van der Waals surface area contributed by atoms with Crippen molar-refractivity contribution >= 4 is 5.91 Å². The van der Waals surface area contributed by atoms with Gasteiger partial charge in [0.1, 0.15) is 11.9 Å². The minimum atomic E-state index is -0.146. The lowest BCUT2D eigenvalue weighted by molar-refractivity contribution is -0.122. The van der Waals surface area contributed by atoms with Crippen LogP contribution in [0.3, 0.4) is 0 Å². The summed E-state index contributed by atoms with van der Waals surface area (Å²) in [4.78, 5) is 11.1. The van der Waals surface area contributed by atoms with E-state index in [1.807, 2.05) is 31.2 Å². The molecule has 0 radical (unpaired) electrons. The first-order chi connectivity index (χ1) is 7.20. The molecule has 4 heteroatoms. The number of benzene rings is 1. The van der Waals surface area contributed by atoms with Crippen molar-refractivity contribution in [2.75, 3.05) is 0 Å². The topological polar surface area (TPSA) is 64.3 Å². The Hall–Kier alpha value is -1.55. The molecule has 1 aliphatic carbocycles. The normalized spacial score (nSPS) is 23.3. The van der Waals surface area contributed by atoms with Gasteiger partial charge in [0.15, 0.2) is 0 Å². The van der Waals surface area contributed by atoms with E-state index in [1.54, 1.807) is 0 Å². The van der Waals surface area contributed by atoms with E-state index >= 15 is 0 Å². The Morgan fingerprint density at radius 3 is 2.73 bits per heavy atom. The summed E-state index contributed by atoms with van der Waals surface area (Å²) >= 11 is 0. The Bertz CT molecular complexity index is 361. The van der Waals surface area contributed by atoms with Gasteiger partial charge in [-0.1, -0.05) is 17.7 Å². The summed E-state index contributed by atoms with van der Waals surface area (Å²) in [5.74, 6) is 5.60. The maximum Gasteiger partial charge on any atom is 0.240 e. The smallest absolute Gasteiger partial charge is 0.240 e. The molecule has 0 saturated heterocycles. The highest BCUT2D eigenvalue weighted by Gasteiger charge is 2.45. The molecule has 1 amide bonds. The molecule has 1 aliphatic rings. The van der Waals surface area contributed by atoms with Crippen LogP contribution >= 0.6 is 0 Å². The van der Waals surface area contributed by atoms with Crippen molar-refractivity contribution in [3.05, 3.63) is 29.8 Å². The Labute approximate surface area is 88.4 Å². The van der Waals surface area contributed by atoms with Gasteiger partial charge in [-0.3, -0.25) is 10.2 Å². The molecule has 4 nitrogen and oxygen atoms in total. The lowest BCUT2D eigenvalue weighted by atomic mass is 10.2. The van der Waals surface area contributed by atoms with Crippen LogP contribution in [-0.2, 0) is 4.79 Å². The highest BCUT2D eigenvalue weighted by atomic mass is 16.5. The maximum atomic E-state index is 11.1. The first kappa shape index (κ1) is 9.98. The zero-order valence-corrected chi connectivity index (χ0v) is 8.57. The van der Waals surface area contributed by atoms with Crippen molar-refractivity contribution in [2.24, 2.45) is 11.8 Å². The fraction of sp³-hybridized carbons (Fsp3) is 0.364. The number of hydrogen-bond donors (Lipinski definition) is 2. The van der Waals surface area contributed by atoms with Gasteiger partial charge in [-0.25, -0.2) is 5.84 Å². The Balaban J connectivity index is 1.90. The number of amides is 1. The summed E-state index contributed by atoms with van der Waals surface area (Å²) in [6.07, 6.45) is 0.730. The van der Waals surface area contributed by atoms with Crippen molar-refractivity contribution in [1.82, 2.24) is 5.43 Å². The van der Waals surface area contributed by atoms with E-state index in [4.69, 9.17) is 10.6 Å². The van der Waals surface area contributed by atoms with Crippen LogP contribution in [-0.4, -0.2) is 12.0 Å². The molecule has 0 bridgehead atoms. The zero-order chi connectivity index (χ0) is 10.8. The predicted octanol–water partition coefficient (Wildman–Crippen LogP) is 0.752. The number of hydrogen-bond acceptors (Lipinski definition) is 3. The third kappa shape index (κ3) is 2.27. The molecule has 2 unspecified atom stereocenters. The third-order valence-corrected chi connectivity index (χ3v) is 2.52. The molecule has 2 rings (SSSR count). The Kier molecular flexibility index (Phi) is 2.60. The number of rotatable bonds is 3. The molecule has 0 aromatic heterocycles. The first-order valence-electron chi connectivity index (χ1n) is 4.94. The van der Waals surface area contributed by atoms with Crippen LogP contribution in [0.1, 0.15) is 12.0 Å². The number of nitrogens with two attached hydrogens (primary N) is 1. The number of nitrogens with one attached hydrogen (secondary N) is 1. The van der Waals surface area contributed by atoms with Crippen molar-refractivity contribution in [2.45, 2.75) is 19.4 Å². The van der Waals surface area contributed by atoms with E-state index < -0.39 is 0 Å². The van der Waals surface area contributed by atoms with Gasteiger partial charge in [-0.05, 0) is 19.1 Å². The summed E-state index contributed by atoms with van der Waals surface area (Å²) in [6.45, 7) is 2.02. The second-order valence-corrected chi connectivity index (χ2v) is 3.82. The van der Waals surface area contributed by atoms with Crippen molar-refractivity contribution < 1.29 is 9.53 Å². The standard InChI is InChI=1S/C11H14N2O2/c1-7-2-4-8(5-3-7)15-10-6-9(10)11(14)13-12/h2-5,9-10H,6,12H2,1H3,(H,13,14).